The van der Waals surface area contributed by atoms with E-state index >= 15 is 0 Å². The fourth-order valence-electron chi connectivity index (χ4n) is 4.24. The van der Waals surface area contributed by atoms with E-state index in [1.807, 2.05) is 30.9 Å². The molecule has 3 heterocycles. The number of nitrogens with one attached hydrogen (secondary N) is 2. The summed E-state index contributed by atoms with van der Waals surface area (Å²) < 4.78 is 0. The largest absolute Gasteiger partial charge is 0.347 e. The predicted molar refractivity (Wildman–Crippen MR) is 94.6 cm³/mol. The second kappa shape index (κ2) is 7.45. The van der Waals surface area contributed by atoms with Crippen molar-refractivity contribution in [2.75, 3.05) is 19.6 Å². The zero-order chi connectivity index (χ0) is 16.2. The molecule has 2 aromatic heterocycles. The van der Waals surface area contributed by atoms with Crippen LogP contribution >= 0.6 is 0 Å². The average Bonchev–Trinajstić information content (AvgIpc) is 3.37. The number of imidazole rings is 1. The lowest BCUT2D eigenvalue weighted by Crippen LogP contribution is -2.37. The molecule has 128 valence electrons. The molecule has 1 saturated carbocycles. The lowest BCUT2D eigenvalue weighted by Gasteiger charge is -2.23. The molecule has 0 aromatic carbocycles. The summed E-state index contributed by atoms with van der Waals surface area (Å²) in [5.41, 5.74) is 1.17. The molecule has 2 atom stereocenters. The van der Waals surface area contributed by atoms with Crippen LogP contribution in [-0.2, 0) is 0 Å². The predicted octanol–water partition coefficient (Wildman–Crippen LogP) is 2.75. The summed E-state index contributed by atoms with van der Waals surface area (Å²) in [5, 5.41) is 3.81. The van der Waals surface area contributed by atoms with Gasteiger partial charge in [0, 0.05) is 43.9 Å². The number of hydrogen-bond acceptors (Lipinski definition) is 4. The number of likely N-dealkylation sites (tertiary alicyclic amines) is 1. The second-order valence-corrected chi connectivity index (χ2v) is 7.26. The molecule has 2 aromatic rings. The maximum atomic E-state index is 4.48. The zero-order valence-corrected chi connectivity index (χ0v) is 14.2. The third-order valence-electron chi connectivity index (χ3n) is 5.48. The smallest absolute Gasteiger partial charge is 0.127 e. The van der Waals surface area contributed by atoms with Gasteiger partial charge in [-0.15, -0.1) is 0 Å². The van der Waals surface area contributed by atoms with Crippen LogP contribution < -0.4 is 5.32 Å². The molecule has 0 bridgehead atoms. The van der Waals surface area contributed by atoms with E-state index < -0.39 is 0 Å². The Morgan fingerprint density at radius 1 is 1.25 bits per heavy atom. The average molecular weight is 325 g/mol. The first-order valence-electron chi connectivity index (χ1n) is 9.26. The Balaban J connectivity index is 1.40. The third kappa shape index (κ3) is 3.68. The van der Waals surface area contributed by atoms with Crippen LogP contribution in [0.4, 0.5) is 0 Å². The normalized spacial score (nSPS) is 23.8. The molecule has 5 heteroatoms. The number of rotatable bonds is 6. The Hall–Kier alpha value is -1.72. The van der Waals surface area contributed by atoms with Gasteiger partial charge in [-0.1, -0.05) is 18.9 Å². The highest BCUT2D eigenvalue weighted by Gasteiger charge is 2.29. The maximum absolute atomic E-state index is 4.48. The Bertz CT molecular complexity index is 606. The van der Waals surface area contributed by atoms with E-state index in [1.165, 1.54) is 50.8 Å². The summed E-state index contributed by atoms with van der Waals surface area (Å²) in [6.45, 7) is 3.65. The lowest BCUT2D eigenvalue weighted by molar-refractivity contribution is 0.271. The molecule has 0 spiro atoms. The van der Waals surface area contributed by atoms with Gasteiger partial charge < -0.3 is 9.88 Å². The molecule has 5 nitrogen and oxygen atoms in total. The van der Waals surface area contributed by atoms with Crippen molar-refractivity contribution < 1.29 is 0 Å². The van der Waals surface area contributed by atoms with Crippen LogP contribution in [0.15, 0.2) is 36.9 Å². The lowest BCUT2D eigenvalue weighted by atomic mass is 10.1. The molecule has 2 aliphatic rings. The molecule has 4 rings (SSSR count). The minimum Gasteiger partial charge on any atom is -0.347 e. The second-order valence-electron chi connectivity index (χ2n) is 7.26. The van der Waals surface area contributed by atoms with Crippen LogP contribution in [0.5, 0.6) is 0 Å². The van der Waals surface area contributed by atoms with Gasteiger partial charge in [-0.05, 0) is 43.4 Å². The third-order valence-corrected chi connectivity index (χ3v) is 5.48. The van der Waals surface area contributed by atoms with Gasteiger partial charge in [-0.25, -0.2) is 4.98 Å². The fraction of sp³-hybridized carbons (Fsp3) is 0.579. The number of aromatic amines is 1. The summed E-state index contributed by atoms with van der Waals surface area (Å²) in [6, 6.07) is 4.72. The van der Waals surface area contributed by atoms with Crippen LogP contribution in [-0.4, -0.2) is 45.5 Å². The maximum Gasteiger partial charge on any atom is 0.127 e. The molecular formula is C19H27N5. The van der Waals surface area contributed by atoms with Crippen molar-refractivity contribution in [3.05, 3.63) is 48.3 Å². The topological polar surface area (TPSA) is 56.8 Å². The van der Waals surface area contributed by atoms with Gasteiger partial charge in [0.1, 0.15) is 5.82 Å². The van der Waals surface area contributed by atoms with E-state index in [9.17, 15) is 0 Å². The van der Waals surface area contributed by atoms with Crippen LogP contribution in [0, 0.1) is 5.92 Å². The molecule has 0 amide bonds. The van der Waals surface area contributed by atoms with E-state index in [0.29, 0.717) is 6.04 Å². The number of pyridine rings is 1. The monoisotopic (exact) mass is 325 g/mol. The minimum atomic E-state index is 0.0881. The first-order chi connectivity index (χ1) is 11.9. The van der Waals surface area contributed by atoms with Crippen molar-refractivity contribution >= 4 is 0 Å². The van der Waals surface area contributed by atoms with Crippen molar-refractivity contribution in [1.82, 2.24) is 25.2 Å². The van der Waals surface area contributed by atoms with Gasteiger partial charge in [0.25, 0.3) is 0 Å². The fourth-order valence-corrected chi connectivity index (χ4v) is 4.24. The Morgan fingerprint density at radius 2 is 2.17 bits per heavy atom. The standard InChI is InChI=1S/C19H27N5/c1-2-5-15(4-1)13-24-11-7-17(14-24)23-18(19-21-9-10-22-19)16-6-3-8-20-12-16/h3,6,8-10,12,15,17-18,23H,1-2,4-5,7,11,13-14H2,(H,21,22). The first kappa shape index (κ1) is 15.8. The van der Waals surface area contributed by atoms with E-state index in [4.69, 9.17) is 0 Å². The minimum absolute atomic E-state index is 0.0881. The van der Waals surface area contributed by atoms with Crippen molar-refractivity contribution in [2.24, 2.45) is 5.92 Å². The van der Waals surface area contributed by atoms with Gasteiger partial charge in [0.2, 0.25) is 0 Å². The number of nitrogens with zero attached hydrogens (tertiary/aromatic N) is 3. The summed E-state index contributed by atoms with van der Waals surface area (Å²) in [5.74, 6) is 1.90. The molecule has 1 aliphatic heterocycles. The van der Waals surface area contributed by atoms with Crippen molar-refractivity contribution in [2.45, 2.75) is 44.2 Å². The van der Waals surface area contributed by atoms with Gasteiger partial charge in [0.15, 0.2) is 0 Å². The summed E-state index contributed by atoms with van der Waals surface area (Å²) in [6.07, 6.45) is 14.4. The van der Waals surface area contributed by atoms with Crippen LogP contribution in [0.3, 0.4) is 0 Å². The van der Waals surface area contributed by atoms with E-state index in [1.54, 1.807) is 0 Å². The molecule has 1 saturated heterocycles. The van der Waals surface area contributed by atoms with Crippen LogP contribution in [0.25, 0.3) is 0 Å². The summed E-state index contributed by atoms with van der Waals surface area (Å²) >= 11 is 0. The van der Waals surface area contributed by atoms with E-state index in [-0.39, 0.29) is 6.04 Å². The quantitative estimate of drug-likeness (QED) is 0.857. The SMILES string of the molecule is c1cncc(C(NC2CCN(CC3CCCC3)C2)c2ncc[nH]2)c1. The van der Waals surface area contributed by atoms with Gasteiger partial charge >= 0.3 is 0 Å². The van der Waals surface area contributed by atoms with Crippen LogP contribution in [0.1, 0.15) is 49.5 Å². The molecular weight excluding hydrogens is 298 g/mol. The Labute approximate surface area is 143 Å². The van der Waals surface area contributed by atoms with Gasteiger partial charge in [-0.2, -0.15) is 0 Å². The first-order valence-corrected chi connectivity index (χ1v) is 9.26. The highest BCUT2D eigenvalue weighted by Crippen LogP contribution is 2.27. The van der Waals surface area contributed by atoms with Crippen molar-refractivity contribution in [3.63, 3.8) is 0 Å². The Morgan fingerprint density at radius 3 is 2.92 bits per heavy atom. The highest BCUT2D eigenvalue weighted by molar-refractivity contribution is 5.21. The van der Waals surface area contributed by atoms with E-state index in [2.05, 4.69) is 31.2 Å². The van der Waals surface area contributed by atoms with Gasteiger partial charge in [-0.3, -0.25) is 10.3 Å². The van der Waals surface area contributed by atoms with Gasteiger partial charge in [0.05, 0.1) is 6.04 Å². The number of hydrogen-bond donors (Lipinski definition) is 2. The van der Waals surface area contributed by atoms with Crippen LogP contribution in [0.2, 0.25) is 0 Å². The van der Waals surface area contributed by atoms with Crippen molar-refractivity contribution in [3.8, 4) is 0 Å². The number of aromatic nitrogens is 3. The molecule has 1 aliphatic carbocycles. The number of H-pyrrole nitrogens is 1. The van der Waals surface area contributed by atoms with Crippen molar-refractivity contribution in [1.29, 1.82) is 0 Å². The van der Waals surface area contributed by atoms with E-state index in [0.717, 1.165) is 18.3 Å². The molecule has 24 heavy (non-hydrogen) atoms. The summed E-state index contributed by atoms with van der Waals surface area (Å²) in [7, 11) is 0. The highest BCUT2D eigenvalue weighted by atomic mass is 15.2. The molecule has 2 fully saturated rings. The zero-order valence-electron chi connectivity index (χ0n) is 14.2. The molecule has 2 unspecified atom stereocenters. The molecule has 2 N–H and O–H groups in total. The molecule has 0 radical (unpaired) electrons. The summed E-state index contributed by atoms with van der Waals surface area (Å²) in [4.78, 5) is 14.7. The Kier molecular flexibility index (Phi) is 4.90.